The monoisotopic (exact) mass is 354 g/mol. The Labute approximate surface area is 152 Å². The summed E-state index contributed by atoms with van der Waals surface area (Å²) in [7, 11) is 0. The van der Waals surface area contributed by atoms with Gasteiger partial charge in [-0.05, 0) is 30.5 Å². The zero-order valence-corrected chi connectivity index (χ0v) is 14.7. The van der Waals surface area contributed by atoms with Gasteiger partial charge in [-0.2, -0.15) is 0 Å². The van der Waals surface area contributed by atoms with Gasteiger partial charge in [-0.25, -0.2) is 0 Å². The number of benzene rings is 1. The van der Waals surface area contributed by atoms with Crippen molar-refractivity contribution in [2.75, 3.05) is 13.1 Å². The van der Waals surface area contributed by atoms with E-state index >= 15 is 0 Å². The van der Waals surface area contributed by atoms with Crippen molar-refractivity contribution in [2.45, 2.75) is 37.9 Å². The van der Waals surface area contributed by atoms with Crippen molar-refractivity contribution >= 4 is 11.8 Å². The van der Waals surface area contributed by atoms with Gasteiger partial charge in [0.05, 0.1) is 19.4 Å². The van der Waals surface area contributed by atoms with E-state index in [0.717, 1.165) is 38.1 Å². The van der Waals surface area contributed by atoms with Gasteiger partial charge in [-0.3, -0.25) is 9.59 Å². The molecule has 6 nitrogen and oxygen atoms in total. The molecule has 2 aliphatic rings. The zero-order chi connectivity index (χ0) is 17.9. The molecular weight excluding hydrogens is 330 g/mol. The lowest BCUT2D eigenvalue weighted by Gasteiger charge is -2.31. The van der Waals surface area contributed by atoms with Crippen LogP contribution in [-0.2, 0) is 22.6 Å². The minimum Gasteiger partial charge on any atom is -0.463 e. The lowest BCUT2D eigenvalue weighted by Crippen LogP contribution is -3.12. The number of hydrogen-bond donors (Lipinski definition) is 3. The Morgan fingerprint density at radius 3 is 2.65 bits per heavy atom. The summed E-state index contributed by atoms with van der Waals surface area (Å²) in [5.74, 6) is -0.266. The molecule has 6 heteroatoms. The first-order valence-corrected chi connectivity index (χ1v) is 9.24. The number of furan rings is 1. The van der Waals surface area contributed by atoms with E-state index < -0.39 is 11.8 Å². The van der Waals surface area contributed by atoms with E-state index in [9.17, 15) is 9.59 Å². The van der Waals surface area contributed by atoms with Crippen molar-refractivity contribution in [2.24, 2.45) is 0 Å². The number of rotatable bonds is 5. The third kappa shape index (κ3) is 3.80. The number of carbonyl (C=O) groups is 2. The van der Waals surface area contributed by atoms with E-state index in [2.05, 4.69) is 34.9 Å². The molecule has 1 aromatic carbocycles. The van der Waals surface area contributed by atoms with Crippen molar-refractivity contribution < 1.29 is 18.9 Å². The Morgan fingerprint density at radius 1 is 1.12 bits per heavy atom. The summed E-state index contributed by atoms with van der Waals surface area (Å²) in [6, 6.07) is 12.4. The normalized spacial score (nSPS) is 20.1. The average molecular weight is 354 g/mol. The third-order valence-corrected chi connectivity index (χ3v) is 5.22. The highest BCUT2D eigenvalue weighted by atomic mass is 16.3. The summed E-state index contributed by atoms with van der Waals surface area (Å²) in [6.07, 6.45) is 4.58. The fourth-order valence-electron chi connectivity index (χ4n) is 3.59. The molecule has 26 heavy (non-hydrogen) atoms. The summed E-state index contributed by atoms with van der Waals surface area (Å²) < 4.78 is 5.63. The van der Waals surface area contributed by atoms with E-state index in [1.807, 2.05) is 12.1 Å². The molecule has 0 spiro atoms. The van der Waals surface area contributed by atoms with E-state index in [1.165, 1.54) is 16.0 Å². The number of carbonyl (C=O) groups excluding carboxylic acids is 2. The van der Waals surface area contributed by atoms with Crippen molar-refractivity contribution in [3.63, 3.8) is 0 Å². The van der Waals surface area contributed by atoms with Crippen LogP contribution in [0.4, 0.5) is 0 Å². The molecule has 2 amide bonds. The van der Waals surface area contributed by atoms with Gasteiger partial charge in [0, 0.05) is 18.0 Å². The molecule has 2 atom stereocenters. The molecule has 0 radical (unpaired) electrons. The van der Waals surface area contributed by atoms with Crippen LogP contribution in [0.2, 0.25) is 0 Å². The molecule has 1 saturated carbocycles. The Hall–Kier alpha value is -2.60. The van der Waals surface area contributed by atoms with E-state index in [0.29, 0.717) is 6.54 Å². The van der Waals surface area contributed by atoms with Crippen LogP contribution in [-0.4, -0.2) is 30.9 Å². The van der Waals surface area contributed by atoms with Crippen molar-refractivity contribution in [3.8, 4) is 0 Å². The van der Waals surface area contributed by atoms with Crippen LogP contribution < -0.4 is 15.5 Å². The quantitative estimate of drug-likeness (QED) is 0.679. The maximum atomic E-state index is 12.1. The number of fused-ring (bicyclic) bond motifs is 1. The van der Waals surface area contributed by atoms with Crippen molar-refractivity contribution in [1.29, 1.82) is 0 Å². The van der Waals surface area contributed by atoms with Crippen molar-refractivity contribution in [3.05, 3.63) is 59.5 Å². The van der Waals surface area contributed by atoms with Gasteiger partial charge >= 0.3 is 11.8 Å². The predicted octanol–water partition coefficient (Wildman–Crippen LogP) is 0.357. The molecule has 1 aromatic heterocycles. The Kier molecular flexibility index (Phi) is 4.75. The van der Waals surface area contributed by atoms with Crippen LogP contribution in [0.1, 0.15) is 35.8 Å². The molecule has 1 unspecified atom stereocenters. The summed E-state index contributed by atoms with van der Waals surface area (Å²) in [5, 5.41) is 5.52. The maximum Gasteiger partial charge on any atom is 0.309 e. The zero-order valence-electron chi connectivity index (χ0n) is 14.7. The highest BCUT2D eigenvalue weighted by molar-refractivity contribution is 6.35. The predicted molar refractivity (Wildman–Crippen MR) is 95.3 cm³/mol. The van der Waals surface area contributed by atoms with Crippen LogP contribution in [0.3, 0.4) is 0 Å². The van der Waals surface area contributed by atoms with Gasteiger partial charge in [-0.15, -0.1) is 0 Å². The fraction of sp³-hybridized carbons (Fsp3) is 0.400. The third-order valence-electron chi connectivity index (χ3n) is 5.22. The highest BCUT2D eigenvalue weighted by Gasteiger charge is 2.32. The molecule has 2 heterocycles. The molecule has 1 aliphatic carbocycles. The molecule has 1 fully saturated rings. The van der Waals surface area contributed by atoms with Gasteiger partial charge < -0.3 is 20.0 Å². The second-order valence-corrected chi connectivity index (χ2v) is 7.13. The first-order chi connectivity index (χ1) is 12.7. The Bertz CT molecular complexity index is 783. The van der Waals surface area contributed by atoms with Gasteiger partial charge in [0.25, 0.3) is 0 Å². The molecule has 3 N–H and O–H groups in total. The summed E-state index contributed by atoms with van der Waals surface area (Å²) >= 11 is 0. The second-order valence-electron chi connectivity index (χ2n) is 7.13. The highest BCUT2D eigenvalue weighted by Crippen LogP contribution is 2.18. The average Bonchev–Trinajstić information content (AvgIpc) is 3.31. The molecule has 1 aliphatic heterocycles. The maximum absolute atomic E-state index is 12.1. The van der Waals surface area contributed by atoms with Crippen LogP contribution in [0.25, 0.3) is 0 Å². The van der Waals surface area contributed by atoms with E-state index in [1.54, 1.807) is 6.26 Å². The van der Waals surface area contributed by atoms with Gasteiger partial charge in [-0.1, -0.05) is 24.3 Å². The number of amides is 2. The first kappa shape index (κ1) is 16.8. The molecule has 0 bridgehead atoms. The number of quaternary nitrogens is 1. The molecule has 4 rings (SSSR count). The first-order valence-electron chi connectivity index (χ1n) is 9.24. The smallest absolute Gasteiger partial charge is 0.309 e. The van der Waals surface area contributed by atoms with Gasteiger partial charge in [0.15, 0.2) is 11.8 Å². The molecule has 136 valence electrons. The van der Waals surface area contributed by atoms with Crippen LogP contribution >= 0.6 is 0 Å². The summed E-state index contributed by atoms with van der Waals surface area (Å²) in [4.78, 5) is 25.3. The molecular formula is C20H24N3O3+. The SMILES string of the molecule is O=C(NC[C@H](c1ccco1)[NH+]1CCc2ccccc2C1)C(=O)NC1CC1. The minimum atomic E-state index is -0.565. The molecule has 2 aromatic rings. The lowest BCUT2D eigenvalue weighted by atomic mass is 9.98. The van der Waals surface area contributed by atoms with Crippen LogP contribution in [0, 0.1) is 0 Å². The summed E-state index contributed by atoms with van der Waals surface area (Å²) in [6.45, 7) is 2.22. The van der Waals surface area contributed by atoms with E-state index in [4.69, 9.17) is 4.42 Å². The Morgan fingerprint density at radius 2 is 1.92 bits per heavy atom. The number of hydrogen-bond acceptors (Lipinski definition) is 3. The van der Waals surface area contributed by atoms with Crippen LogP contribution in [0.15, 0.2) is 47.1 Å². The standard InChI is InChI=1S/C20H23N3O3/c24-19(20(25)22-16-7-8-16)21-12-17(18-6-3-11-26-18)23-10-9-14-4-1-2-5-15(14)13-23/h1-6,11,16-17H,7-10,12-13H2,(H,21,24)(H,22,25)/p+1/t17-/m1/s1. The largest absolute Gasteiger partial charge is 0.463 e. The Balaban J connectivity index is 1.43. The van der Waals surface area contributed by atoms with E-state index in [-0.39, 0.29) is 12.1 Å². The van der Waals surface area contributed by atoms with Gasteiger partial charge in [0.1, 0.15) is 6.54 Å². The van der Waals surface area contributed by atoms with Crippen LogP contribution in [0.5, 0.6) is 0 Å². The lowest BCUT2D eigenvalue weighted by molar-refractivity contribution is -0.946. The van der Waals surface area contributed by atoms with Gasteiger partial charge in [0.2, 0.25) is 0 Å². The summed E-state index contributed by atoms with van der Waals surface area (Å²) in [5.41, 5.74) is 2.73. The fourth-order valence-corrected chi connectivity index (χ4v) is 3.59. The second kappa shape index (κ2) is 7.33. The minimum absolute atomic E-state index is 0.0176. The number of nitrogens with one attached hydrogen (secondary N) is 3. The van der Waals surface area contributed by atoms with Crippen molar-refractivity contribution in [1.82, 2.24) is 10.6 Å². The molecule has 0 saturated heterocycles. The topological polar surface area (TPSA) is 75.8 Å².